The molecule has 0 radical (unpaired) electrons. The lowest BCUT2D eigenvalue weighted by atomic mass is 9.90. The molecule has 0 aromatic heterocycles. The first-order valence-electron chi connectivity index (χ1n) is 4.72. The van der Waals surface area contributed by atoms with Crippen molar-refractivity contribution in [2.75, 3.05) is 0 Å². The van der Waals surface area contributed by atoms with Crippen molar-refractivity contribution in [2.24, 2.45) is 5.92 Å². The van der Waals surface area contributed by atoms with Gasteiger partial charge in [-0.25, -0.2) is 0 Å². The van der Waals surface area contributed by atoms with Gasteiger partial charge < -0.3 is 4.74 Å². The molecule has 1 heterocycles. The number of nitrogens with zero attached hydrogens (tertiary/aromatic N) is 1. The minimum Gasteiger partial charge on any atom is -0.492 e. The van der Waals surface area contributed by atoms with Gasteiger partial charge in [-0.05, 0) is 26.3 Å². The maximum atomic E-state index is 10.6. The second-order valence-corrected chi connectivity index (χ2v) is 4.45. The molecular weight excluding hydrogens is 182 g/mol. The second kappa shape index (κ2) is 2.83. The lowest BCUT2D eigenvalue weighted by Crippen LogP contribution is -2.16. The molecule has 2 rings (SSSR count). The average molecular weight is 195 g/mol. The van der Waals surface area contributed by atoms with Gasteiger partial charge in [-0.2, -0.15) is 0 Å². The Morgan fingerprint density at radius 3 is 2.93 bits per heavy atom. The summed E-state index contributed by atoms with van der Waals surface area (Å²) in [6.45, 7) is 4.02. The van der Waals surface area contributed by atoms with Gasteiger partial charge >= 0.3 is 0 Å². The van der Waals surface area contributed by atoms with E-state index in [0.717, 1.165) is 12.2 Å². The molecule has 0 amide bonds. The maximum Gasteiger partial charge on any atom is 0.247 e. The normalized spacial score (nSPS) is 28.6. The quantitative estimate of drug-likeness (QED) is 0.476. The van der Waals surface area contributed by atoms with E-state index in [9.17, 15) is 10.1 Å². The number of hydrogen-bond acceptors (Lipinski definition) is 3. The lowest BCUT2D eigenvalue weighted by Gasteiger charge is -2.16. The topological polar surface area (TPSA) is 52.4 Å². The van der Waals surface area contributed by atoms with E-state index in [1.165, 1.54) is 0 Å². The monoisotopic (exact) mass is 195 g/mol. The van der Waals surface area contributed by atoms with E-state index in [1.54, 1.807) is 12.2 Å². The molecule has 0 aromatic rings. The minimum atomic E-state index is -0.307. The van der Waals surface area contributed by atoms with Gasteiger partial charge in [0.25, 0.3) is 0 Å². The molecule has 4 heteroatoms. The second-order valence-electron chi connectivity index (χ2n) is 4.45. The van der Waals surface area contributed by atoms with Crippen molar-refractivity contribution in [3.8, 4) is 0 Å². The number of allylic oxidation sites excluding steroid dienone is 4. The standard InChI is InChI=1S/C10H13NO3/c1-10(2)6-7-5-8(11(12)13)3-4-9(7)14-10/h3-4,7H,5-6H2,1-2H3. The van der Waals surface area contributed by atoms with Crippen LogP contribution in [0.1, 0.15) is 26.7 Å². The Morgan fingerprint density at radius 2 is 2.29 bits per heavy atom. The van der Waals surface area contributed by atoms with Crippen LogP contribution in [0.3, 0.4) is 0 Å². The summed E-state index contributed by atoms with van der Waals surface area (Å²) in [5, 5.41) is 10.6. The largest absolute Gasteiger partial charge is 0.492 e. The fourth-order valence-electron chi connectivity index (χ4n) is 2.12. The van der Waals surface area contributed by atoms with Gasteiger partial charge in [0, 0.05) is 18.4 Å². The Morgan fingerprint density at radius 1 is 1.57 bits per heavy atom. The highest BCUT2D eigenvalue weighted by molar-refractivity contribution is 5.23. The van der Waals surface area contributed by atoms with Crippen LogP contribution in [0.4, 0.5) is 0 Å². The summed E-state index contributed by atoms with van der Waals surface area (Å²) in [7, 11) is 0. The molecule has 1 atom stereocenters. The molecule has 76 valence electrons. The Hall–Kier alpha value is -1.32. The van der Waals surface area contributed by atoms with Crippen molar-refractivity contribution in [3.05, 3.63) is 33.7 Å². The molecule has 14 heavy (non-hydrogen) atoms. The van der Waals surface area contributed by atoms with Crippen LogP contribution in [0.5, 0.6) is 0 Å². The SMILES string of the molecule is CC1(C)CC2CC([N+](=O)[O-])=CC=C2O1. The van der Waals surface area contributed by atoms with Crippen LogP contribution >= 0.6 is 0 Å². The number of fused-ring (bicyclic) bond motifs is 1. The first-order valence-corrected chi connectivity index (χ1v) is 4.72. The number of rotatable bonds is 1. The Labute approximate surface area is 82.4 Å². The summed E-state index contributed by atoms with van der Waals surface area (Å²) in [5.74, 6) is 1.11. The van der Waals surface area contributed by atoms with Crippen molar-refractivity contribution in [1.82, 2.24) is 0 Å². The Balaban J connectivity index is 2.19. The van der Waals surface area contributed by atoms with Crippen LogP contribution in [-0.2, 0) is 4.74 Å². The van der Waals surface area contributed by atoms with Crippen molar-refractivity contribution in [1.29, 1.82) is 0 Å². The molecule has 1 aliphatic heterocycles. The molecule has 4 nitrogen and oxygen atoms in total. The van der Waals surface area contributed by atoms with E-state index in [1.807, 2.05) is 13.8 Å². The molecule has 1 aliphatic carbocycles. The summed E-state index contributed by atoms with van der Waals surface area (Å²) >= 11 is 0. The smallest absolute Gasteiger partial charge is 0.247 e. The van der Waals surface area contributed by atoms with Crippen LogP contribution in [-0.4, -0.2) is 10.5 Å². The van der Waals surface area contributed by atoms with Gasteiger partial charge in [0.15, 0.2) is 0 Å². The highest BCUT2D eigenvalue weighted by atomic mass is 16.6. The summed E-state index contributed by atoms with van der Waals surface area (Å²) in [6.07, 6.45) is 4.65. The zero-order valence-electron chi connectivity index (χ0n) is 8.32. The van der Waals surface area contributed by atoms with Crippen LogP contribution in [0.25, 0.3) is 0 Å². The van der Waals surface area contributed by atoms with Gasteiger partial charge in [0.1, 0.15) is 11.4 Å². The average Bonchev–Trinajstić information content (AvgIpc) is 2.36. The number of nitro groups is 1. The summed E-state index contributed by atoms with van der Waals surface area (Å²) in [4.78, 5) is 10.3. The molecule has 1 fully saturated rings. The minimum absolute atomic E-state index is 0.170. The van der Waals surface area contributed by atoms with E-state index in [4.69, 9.17) is 4.74 Å². The summed E-state index contributed by atoms with van der Waals surface area (Å²) < 4.78 is 5.67. The first-order chi connectivity index (χ1) is 6.48. The molecule has 1 saturated heterocycles. The molecule has 0 aromatic carbocycles. The van der Waals surface area contributed by atoms with Crippen molar-refractivity contribution >= 4 is 0 Å². The van der Waals surface area contributed by atoms with Crippen LogP contribution < -0.4 is 0 Å². The fraction of sp³-hybridized carbons (Fsp3) is 0.600. The highest BCUT2D eigenvalue weighted by Gasteiger charge is 2.40. The van der Waals surface area contributed by atoms with E-state index >= 15 is 0 Å². The zero-order chi connectivity index (χ0) is 10.3. The fourth-order valence-corrected chi connectivity index (χ4v) is 2.12. The molecule has 0 spiro atoms. The lowest BCUT2D eigenvalue weighted by molar-refractivity contribution is -0.429. The zero-order valence-corrected chi connectivity index (χ0v) is 8.32. The molecule has 0 saturated carbocycles. The number of ether oxygens (including phenoxy) is 1. The van der Waals surface area contributed by atoms with Crippen molar-refractivity contribution in [3.63, 3.8) is 0 Å². The number of hydrogen-bond donors (Lipinski definition) is 0. The predicted molar refractivity (Wildman–Crippen MR) is 51.0 cm³/mol. The van der Waals surface area contributed by atoms with Crippen molar-refractivity contribution in [2.45, 2.75) is 32.3 Å². The molecule has 0 bridgehead atoms. The van der Waals surface area contributed by atoms with Crippen molar-refractivity contribution < 1.29 is 9.66 Å². The predicted octanol–water partition coefficient (Wildman–Crippen LogP) is 2.25. The highest BCUT2D eigenvalue weighted by Crippen LogP contribution is 2.42. The van der Waals surface area contributed by atoms with Gasteiger partial charge in [-0.3, -0.25) is 10.1 Å². The van der Waals surface area contributed by atoms with Gasteiger partial charge in [0.2, 0.25) is 5.70 Å². The van der Waals surface area contributed by atoms with Crippen LogP contribution in [0.2, 0.25) is 0 Å². The summed E-state index contributed by atoms with van der Waals surface area (Å²) in [5.41, 5.74) is 0.121. The maximum absolute atomic E-state index is 10.6. The molecule has 0 N–H and O–H groups in total. The molecule has 1 unspecified atom stereocenters. The van der Waals surface area contributed by atoms with E-state index in [0.29, 0.717) is 12.1 Å². The Kier molecular flexibility index (Phi) is 1.87. The Bertz CT molecular complexity index is 341. The van der Waals surface area contributed by atoms with Gasteiger partial charge in [0.05, 0.1) is 4.92 Å². The van der Waals surface area contributed by atoms with E-state index < -0.39 is 0 Å². The third-order valence-corrected chi connectivity index (χ3v) is 2.66. The first kappa shape index (κ1) is 9.24. The van der Waals surface area contributed by atoms with Gasteiger partial charge in [-0.1, -0.05) is 0 Å². The van der Waals surface area contributed by atoms with Crippen LogP contribution in [0.15, 0.2) is 23.6 Å². The van der Waals surface area contributed by atoms with E-state index in [-0.39, 0.29) is 16.4 Å². The van der Waals surface area contributed by atoms with Gasteiger partial charge in [-0.15, -0.1) is 0 Å². The van der Waals surface area contributed by atoms with Crippen LogP contribution in [0, 0.1) is 16.0 Å². The summed E-state index contributed by atoms with van der Waals surface area (Å²) in [6, 6.07) is 0. The third kappa shape index (κ3) is 1.52. The molecule has 2 aliphatic rings. The third-order valence-electron chi connectivity index (χ3n) is 2.66. The van der Waals surface area contributed by atoms with E-state index in [2.05, 4.69) is 0 Å². The molecular formula is C10H13NO3.